The topological polar surface area (TPSA) is 127 Å². The first-order chi connectivity index (χ1) is 13.0. The van der Waals surface area contributed by atoms with Gasteiger partial charge >= 0.3 is 0 Å². The van der Waals surface area contributed by atoms with Crippen molar-refractivity contribution in [3.8, 4) is 0 Å². The minimum Gasteiger partial charge on any atom is -0.280 e. The summed E-state index contributed by atoms with van der Waals surface area (Å²) in [5.74, 6) is 0. The Labute approximate surface area is 163 Å². The lowest BCUT2D eigenvalue weighted by atomic mass is 10.0. The maximum Gasteiger partial charge on any atom is 0.270 e. The minimum absolute atomic E-state index is 0.181. The van der Waals surface area contributed by atoms with Gasteiger partial charge in [-0.05, 0) is 43.0 Å². The summed E-state index contributed by atoms with van der Waals surface area (Å²) in [6.45, 7) is 1.86. The molecule has 0 radical (unpaired) electrons. The van der Waals surface area contributed by atoms with Gasteiger partial charge < -0.3 is 0 Å². The molecule has 9 nitrogen and oxygen atoms in total. The number of nitro groups is 1. The SMILES string of the molecule is Cc1ccc([N+](=O)[O-])cc1S(=O)(=O)Nc1ccc2c(c1)N(S(C)(=O)=O)CCC2. The highest BCUT2D eigenvalue weighted by Crippen LogP contribution is 2.33. The second-order valence-corrected chi connectivity index (χ2v) is 10.2. The van der Waals surface area contributed by atoms with Crippen LogP contribution in [0.2, 0.25) is 0 Å². The fourth-order valence-corrected chi connectivity index (χ4v) is 5.45. The molecule has 1 N–H and O–H groups in total. The van der Waals surface area contributed by atoms with Gasteiger partial charge in [-0.2, -0.15) is 0 Å². The van der Waals surface area contributed by atoms with Crippen LogP contribution in [0.1, 0.15) is 17.5 Å². The molecule has 2 aromatic rings. The van der Waals surface area contributed by atoms with E-state index in [1.165, 1.54) is 29.4 Å². The Morgan fingerprint density at radius 1 is 1.11 bits per heavy atom. The number of nitrogens with one attached hydrogen (secondary N) is 1. The lowest BCUT2D eigenvalue weighted by molar-refractivity contribution is -0.385. The molecule has 0 saturated heterocycles. The van der Waals surface area contributed by atoms with Crippen LogP contribution in [0.25, 0.3) is 0 Å². The highest BCUT2D eigenvalue weighted by atomic mass is 32.2. The van der Waals surface area contributed by atoms with Gasteiger partial charge in [0.1, 0.15) is 0 Å². The Bertz CT molecular complexity index is 1160. The van der Waals surface area contributed by atoms with Crippen molar-refractivity contribution >= 4 is 37.1 Å². The van der Waals surface area contributed by atoms with E-state index in [1.54, 1.807) is 12.1 Å². The van der Waals surface area contributed by atoms with Gasteiger partial charge in [0.25, 0.3) is 15.7 Å². The molecule has 1 aliphatic rings. The number of sulfonamides is 2. The Balaban J connectivity index is 2.01. The third-order valence-electron chi connectivity index (χ3n) is 4.49. The Morgan fingerprint density at radius 2 is 1.82 bits per heavy atom. The zero-order valence-electron chi connectivity index (χ0n) is 15.2. The number of rotatable bonds is 5. The normalized spacial score (nSPS) is 14.4. The van der Waals surface area contributed by atoms with Crippen molar-refractivity contribution in [1.82, 2.24) is 0 Å². The summed E-state index contributed by atoms with van der Waals surface area (Å²) in [5, 5.41) is 11.0. The molecule has 1 aliphatic heterocycles. The minimum atomic E-state index is -4.10. The van der Waals surface area contributed by atoms with Crippen molar-refractivity contribution in [2.75, 3.05) is 21.8 Å². The number of benzene rings is 2. The van der Waals surface area contributed by atoms with Crippen LogP contribution in [0.3, 0.4) is 0 Å². The summed E-state index contributed by atoms with van der Waals surface area (Å²) in [6, 6.07) is 8.31. The van der Waals surface area contributed by atoms with Crippen molar-refractivity contribution in [3.05, 3.63) is 57.6 Å². The monoisotopic (exact) mass is 425 g/mol. The number of nitro benzene ring substituents is 1. The molecule has 2 aromatic carbocycles. The highest BCUT2D eigenvalue weighted by molar-refractivity contribution is 7.93. The van der Waals surface area contributed by atoms with Crippen LogP contribution in [0.5, 0.6) is 0 Å². The second-order valence-electron chi connectivity index (χ2n) is 6.59. The number of anilines is 2. The van der Waals surface area contributed by atoms with Crippen molar-refractivity contribution < 1.29 is 21.8 Å². The lowest BCUT2D eigenvalue weighted by Gasteiger charge is -2.29. The molecular weight excluding hydrogens is 406 g/mol. The van der Waals surface area contributed by atoms with Crippen LogP contribution >= 0.6 is 0 Å². The number of hydrogen-bond donors (Lipinski definition) is 1. The van der Waals surface area contributed by atoms with Crippen LogP contribution in [0.4, 0.5) is 17.1 Å². The van der Waals surface area contributed by atoms with Gasteiger partial charge in [-0.3, -0.25) is 19.1 Å². The van der Waals surface area contributed by atoms with Crippen molar-refractivity contribution in [1.29, 1.82) is 0 Å². The second kappa shape index (κ2) is 7.06. The van der Waals surface area contributed by atoms with Gasteiger partial charge in [-0.15, -0.1) is 0 Å². The molecule has 0 unspecified atom stereocenters. The van der Waals surface area contributed by atoms with Crippen LogP contribution in [0.15, 0.2) is 41.3 Å². The van der Waals surface area contributed by atoms with E-state index in [4.69, 9.17) is 0 Å². The van der Waals surface area contributed by atoms with Crippen LogP contribution < -0.4 is 9.03 Å². The van der Waals surface area contributed by atoms with Gasteiger partial charge in [0.2, 0.25) is 10.0 Å². The number of nitrogens with zero attached hydrogens (tertiary/aromatic N) is 2. The van der Waals surface area contributed by atoms with Gasteiger partial charge in [-0.1, -0.05) is 12.1 Å². The average molecular weight is 425 g/mol. The molecule has 0 saturated carbocycles. The average Bonchev–Trinajstić information content (AvgIpc) is 2.60. The molecule has 11 heteroatoms. The number of fused-ring (bicyclic) bond motifs is 1. The number of hydrogen-bond acceptors (Lipinski definition) is 6. The zero-order chi connectivity index (χ0) is 20.7. The summed E-state index contributed by atoms with van der Waals surface area (Å²) in [4.78, 5) is 10.1. The maximum absolute atomic E-state index is 12.8. The van der Waals surface area contributed by atoms with Gasteiger partial charge in [0.15, 0.2) is 0 Å². The van der Waals surface area contributed by atoms with Crippen LogP contribution in [-0.4, -0.2) is 34.6 Å². The quantitative estimate of drug-likeness (QED) is 0.579. The fourth-order valence-electron chi connectivity index (χ4n) is 3.15. The summed E-state index contributed by atoms with van der Waals surface area (Å²) in [6.07, 6.45) is 2.47. The van der Waals surface area contributed by atoms with E-state index in [1.807, 2.05) is 0 Å². The predicted molar refractivity (Wildman–Crippen MR) is 106 cm³/mol. The molecule has 0 aromatic heterocycles. The molecule has 0 spiro atoms. The summed E-state index contributed by atoms with van der Waals surface area (Å²) < 4.78 is 53.3. The van der Waals surface area contributed by atoms with E-state index in [0.717, 1.165) is 17.9 Å². The van der Waals surface area contributed by atoms with E-state index < -0.39 is 25.0 Å². The van der Waals surface area contributed by atoms with Gasteiger partial charge in [0.05, 0.1) is 27.4 Å². The van der Waals surface area contributed by atoms with Crippen molar-refractivity contribution in [2.45, 2.75) is 24.7 Å². The first-order valence-electron chi connectivity index (χ1n) is 8.37. The molecule has 0 fully saturated rings. The summed E-state index contributed by atoms with van der Waals surface area (Å²) >= 11 is 0. The first kappa shape index (κ1) is 20.1. The van der Waals surface area contributed by atoms with Gasteiger partial charge in [0, 0.05) is 18.7 Å². The standard InChI is InChI=1S/C17H19N3O6S2/c1-12-5-8-15(20(21)22)11-17(12)28(25,26)18-14-7-6-13-4-3-9-19(16(13)10-14)27(2,23)24/h5-8,10-11,18H,3-4,9H2,1-2H3. The number of aryl methyl sites for hydroxylation is 2. The summed E-state index contributed by atoms with van der Waals surface area (Å²) in [7, 11) is -7.59. The zero-order valence-corrected chi connectivity index (χ0v) is 16.9. The highest BCUT2D eigenvalue weighted by Gasteiger charge is 2.26. The van der Waals surface area contributed by atoms with E-state index in [2.05, 4.69) is 4.72 Å². The molecule has 0 amide bonds. The Hall–Kier alpha value is -2.66. The van der Waals surface area contributed by atoms with Crippen molar-refractivity contribution in [3.63, 3.8) is 0 Å². The van der Waals surface area contributed by atoms with Crippen molar-refractivity contribution in [2.24, 2.45) is 0 Å². The third kappa shape index (κ3) is 3.94. The fraction of sp³-hybridized carbons (Fsp3) is 0.294. The number of non-ortho nitro benzene ring substituents is 1. The molecular formula is C17H19N3O6S2. The molecule has 0 aliphatic carbocycles. The van der Waals surface area contributed by atoms with E-state index in [-0.39, 0.29) is 16.3 Å². The van der Waals surface area contributed by atoms with E-state index >= 15 is 0 Å². The smallest absolute Gasteiger partial charge is 0.270 e. The molecule has 28 heavy (non-hydrogen) atoms. The van der Waals surface area contributed by atoms with Crippen LogP contribution in [0, 0.1) is 17.0 Å². The molecule has 3 rings (SSSR count). The largest absolute Gasteiger partial charge is 0.280 e. The predicted octanol–water partition coefficient (Wildman–Crippen LogP) is 2.42. The van der Waals surface area contributed by atoms with E-state index in [0.29, 0.717) is 30.6 Å². The van der Waals surface area contributed by atoms with E-state index in [9.17, 15) is 26.9 Å². The maximum atomic E-state index is 12.8. The summed E-state index contributed by atoms with van der Waals surface area (Å²) in [5.41, 5.74) is 1.45. The molecule has 0 atom stereocenters. The molecule has 1 heterocycles. The molecule has 150 valence electrons. The lowest BCUT2D eigenvalue weighted by Crippen LogP contribution is -2.34. The van der Waals surface area contributed by atoms with Crippen LogP contribution in [-0.2, 0) is 26.5 Å². The van der Waals surface area contributed by atoms with Gasteiger partial charge in [-0.25, -0.2) is 16.8 Å². The molecule has 0 bridgehead atoms. The Morgan fingerprint density at radius 3 is 2.46 bits per heavy atom. The third-order valence-corrected chi connectivity index (χ3v) is 7.19. The first-order valence-corrected chi connectivity index (χ1v) is 11.7. The Kier molecular flexibility index (Phi) is 5.06.